The lowest BCUT2D eigenvalue weighted by Crippen LogP contribution is -2.17. The quantitative estimate of drug-likeness (QED) is 0.390. The average molecular weight is 324 g/mol. The van der Waals surface area contributed by atoms with E-state index in [0.717, 1.165) is 11.3 Å². The molecule has 0 aromatic heterocycles. The molecule has 0 aliphatic heterocycles. The zero-order valence-corrected chi connectivity index (χ0v) is 12.9. The minimum Gasteiger partial charge on any atom is -0.409 e. The Morgan fingerprint density at radius 2 is 1.86 bits per heavy atom. The van der Waals surface area contributed by atoms with E-state index in [1.807, 2.05) is 30.1 Å². The van der Waals surface area contributed by atoms with Crippen molar-refractivity contribution in [2.45, 2.75) is 6.54 Å². The Balaban J connectivity index is 2.16. The van der Waals surface area contributed by atoms with E-state index in [4.69, 9.17) is 34.1 Å². The summed E-state index contributed by atoms with van der Waals surface area (Å²) in [5.41, 5.74) is 8.13. The molecule has 0 aliphatic carbocycles. The van der Waals surface area contributed by atoms with Crippen molar-refractivity contribution in [2.75, 3.05) is 11.9 Å². The molecule has 0 saturated heterocycles. The van der Waals surface area contributed by atoms with E-state index < -0.39 is 0 Å². The third-order valence-corrected chi connectivity index (χ3v) is 3.73. The number of nitrogens with zero attached hydrogens (tertiary/aromatic N) is 2. The Bertz CT molecular complexity index is 656. The highest BCUT2D eigenvalue weighted by Crippen LogP contribution is 2.24. The Hall–Kier alpha value is -1.91. The van der Waals surface area contributed by atoms with Gasteiger partial charge in [-0.25, -0.2) is 0 Å². The van der Waals surface area contributed by atoms with Crippen molar-refractivity contribution >= 4 is 34.7 Å². The molecule has 0 heterocycles. The van der Waals surface area contributed by atoms with Gasteiger partial charge in [0.1, 0.15) is 0 Å². The smallest absolute Gasteiger partial charge is 0.170 e. The maximum atomic E-state index is 8.64. The van der Waals surface area contributed by atoms with Gasteiger partial charge < -0.3 is 15.8 Å². The van der Waals surface area contributed by atoms with Crippen molar-refractivity contribution in [3.05, 3.63) is 63.6 Å². The van der Waals surface area contributed by atoms with Gasteiger partial charge in [-0.05, 0) is 48.0 Å². The molecule has 0 saturated carbocycles. The molecule has 0 aliphatic rings. The van der Waals surface area contributed by atoms with E-state index in [9.17, 15) is 0 Å². The fourth-order valence-electron chi connectivity index (χ4n) is 1.96. The minimum absolute atomic E-state index is 0.0853. The normalized spacial score (nSPS) is 11.5. The van der Waals surface area contributed by atoms with Crippen LogP contribution >= 0.6 is 23.2 Å². The highest BCUT2D eigenvalue weighted by molar-refractivity contribution is 6.33. The molecule has 0 unspecified atom stereocenters. The summed E-state index contributed by atoms with van der Waals surface area (Å²) in [7, 11) is 1.95. The maximum Gasteiger partial charge on any atom is 0.170 e. The number of nitrogens with two attached hydrogens (primary N) is 1. The Morgan fingerprint density at radius 3 is 2.48 bits per heavy atom. The van der Waals surface area contributed by atoms with Crippen LogP contribution in [0.3, 0.4) is 0 Å². The van der Waals surface area contributed by atoms with Crippen LogP contribution in [0.1, 0.15) is 11.1 Å². The highest BCUT2D eigenvalue weighted by atomic mass is 35.5. The SMILES string of the molecule is CN(Cc1cc(Cl)ccc1Cl)c1ccc(C(N)=NO)cc1. The van der Waals surface area contributed by atoms with Crippen molar-refractivity contribution in [3.63, 3.8) is 0 Å². The predicted octanol–water partition coefficient (Wildman–Crippen LogP) is 3.72. The molecule has 2 aromatic rings. The monoisotopic (exact) mass is 323 g/mol. The van der Waals surface area contributed by atoms with Crippen molar-refractivity contribution in [1.82, 2.24) is 0 Å². The molecule has 0 spiro atoms. The number of halogens is 2. The lowest BCUT2D eigenvalue weighted by molar-refractivity contribution is 0.318. The van der Waals surface area contributed by atoms with E-state index in [-0.39, 0.29) is 5.84 Å². The topological polar surface area (TPSA) is 61.8 Å². The van der Waals surface area contributed by atoms with Gasteiger partial charge in [-0.1, -0.05) is 28.4 Å². The van der Waals surface area contributed by atoms with Crippen LogP contribution in [0.15, 0.2) is 47.6 Å². The second-order valence-corrected chi connectivity index (χ2v) is 5.47. The third-order valence-electron chi connectivity index (χ3n) is 3.13. The summed E-state index contributed by atoms with van der Waals surface area (Å²) < 4.78 is 0. The van der Waals surface area contributed by atoms with Crippen molar-refractivity contribution in [3.8, 4) is 0 Å². The number of rotatable bonds is 4. The van der Waals surface area contributed by atoms with Crippen molar-refractivity contribution < 1.29 is 5.21 Å². The molecule has 2 rings (SSSR count). The molecule has 0 atom stereocenters. The predicted molar refractivity (Wildman–Crippen MR) is 87.5 cm³/mol. The molecule has 21 heavy (non-hydrogen) atoms. The van der Waals surface area contributed by atoms with Crippen LogP contribution in [-0.4, -0.2) is 18.1 Å². The number of oxime groups is 1. The van der Waals surface area contributed by atoms with Crippen LogP contribution in [0.2, 0.25) is 10.0 Å². The molecule has 0 amide bonds. The van der Waals surface area contributed by atoms with Gasteiger partial charge in [0.15, 0.2) is 5.84 Å². The van der Waals surface area contributed by atoms with Crippen molar-refractivity contribution in [2.24, 2.45) is 10.9 Å². The number of hydrogen-bond donors (Lipinski definition) is 2. The van der Waals surface area contributed by atoms with Crippen molar-refractivity contribution in [1.29, 1.82) is 0 Å². The lowest BCUT2D eigenvalue weighted by Gasteiger charge is -2.20. The first-order chi connectivity index (χ1) is 10.0. The molecule has 0 radical (unpaired) electrons. The Kier molecular flexibility index (Phi) is 4.94. The van der Waals surface area contributed by atoms with E-state index in [1.54, 1.807) is 24.3 Å². The minimum atomic E-state index is 0.0853. The van der Waals surface area contributed by atoms with Gasteiger partial charge in [-0.2, -0.15) is 0 Å². The van der Waals surface area contributed by atoms with Crippen LogP contribution in [-0.2, 0) is 6.54 Å². The number of hydrogen-bond acceptors (Lipinski definition) is 3. The largest absolute Gasteiger partial charge is 0.409 e. The fraction of sp³-hybridized carbons (Fsp3) is 0.133. The second-order valence-electron chi connectivity index (χ2n) is 4.62. The van der Waals surface area contributed by atoms with Crippen LogP contribution in [0.25, 0.3) is 0 Å². The van der Waals surface area contributed by atoms with Crippen LogP contribution in [0, 0.1) is 0 Å². The van der Waals surface area contributed by atoms with E-state index in [2.05, 4.69) is 5.16 Å². The van der Waals surface area contributed by atoms with Gasteiger partial charge in [0.05, 0.1) is 0 Å². The summed E-state index contributed by atoms with van der Waals surface area (Å²) in [6.07, 6.45) is 0. The summed E-state index contributed by atoms with van der Waals surface area (Å²) in [6.45, 7) is 0.627. The molecule has 110 valence electrons. The third kappa shape index (κ3) is 3.80. The maximum absolute atomic E-state index is 8.64. The standard InChI is InChI=1S/C15H15Cl2N3O/c1-20(9-11-8-12(16)4-7-14(11)17)13-5-2-10(3-6-13)15(18)19-21/h2-8,21H,9H2,1H3,(H2,18,19). The zero-order chi connectivity index (χ0) is 15.4. The molecule has 6 heteroatoms. The first-order valence-electron chi connectivity index (χ1n) is 6.24. The van der Waals surface area contributed by atoms with Crippen LogP contribution in [0.4, 0.5) is 5.69 Å². The molecular formula is C15H15Cl2N3O. The van der Waals surface area contributed by atoms with E-state index in [0.29, 0.717) is 22.2 Å². The second kappa shape index (κ2) is 6.70. The first kappa shape index (κ1) is 15.5. The molecule has 0 bridgehead atoms. The van der Waals surface area contributed by atoms with Gasteiger partial charge in [0.25, 0.3) is 0 Å². The van der Waals surface area contributed by atoms with E-state index in [1.165, 1.54) is 0 Å². The molecule has 0 fully saturated rings. The lowest BCUT2D eigenvalue weighted by atomic mass is 10.1. The number of benzene rings is 2. The first-order valence-corrected chi connectivity index (χ1v) is 7.00. The Labute approximate surface area is 133 Å². The van der Waals surface area contributed by atoms with E-state index >= 15 is 0 Å². The summed E-state index contributed by atoms with van der Waals surface area (Å²) in [5.74, 6) is 0.0853. The van der Waals surface area contributed by atoms with Crippen LogP contribution < -0.4 is 10.6 Å². The van der Waals surface area contributed by atoms with Gasteiger partial charge in [-0.3, -0.25) is 0 Å². The van der Waals surface area contributed by atoms with Gasteiger partial charge in [-0.15, -0.1) is 0 Å². The Morgan fingerprint density at radius 1 is 1.19 bits per heavy atom. The highest BCUT2D eigenvalue weighted by Gasteiger charge is 2.07. The summed E-state index contributed by atoms with van der Waals surface area (Å²) in [5, 5.41) is 13.0. The number of amidine groups is 1. The molecule has 4 nitrogen and oxygen atoms in total. The summed E-state index contributed by atoms with van der Waals surface area (Å²) in [4.78, 5) is 2.04. The van der Waals surface area contributed by atoms with Crippen LogP contribution in [0.5, 0.6) is 0 Å². The zero-order valence-electron chi connectivity index (χ0n) is 11.4. The van der Waals surface area contributed by atoms with Gasteiger partial charge >= 0.3 is 0 Å². The number of anilines is 1. The fourth-order valence-corrected chi connectivity index (χ4v) is 2.33. The molecule has 2 aromatic carbocycles. The molecule has 3 N–H and O–H groups in total. The summed E-state index contributed by atoms with van der Waals surface area (Å²) >= 11 is 12.2. The van der Waals surface area contributed by atoms with Gasteiger partial charge in [0.2, 0.25) is 0 Å². The summed E-state index contributed by atoms with van der Waals surface area (Å²) in [6, 6.07) is 12.8. The average Bonchev–Trinajstić information content (AvgIpc) is 2.50. The van der Waals surface area contributed by atoms with Gasteiger partial charge in [0, 0.05) is 34.9 Å². The molecular weight excluding hydrogens is 309 g/mol.